The van der Waals surface area contributed by atoms with Crippen LogP contribution < -0.4 is 0 Å². The second-order valence-corrected chi connectivity index (χ2v) is 15.6. The van der Waals surface area contributed by atoms with Crippen molar-refractivity contribution in [2.45, 2.75) is 12.4 Å². The van der Waals surface area contributed by atoms with Crippen molar-refractivity contribution in [1.82, 2.24) is 14.1 Å². The predicted octanol–water partition coefficient (Wildman–Crippen LogP) is 13.8. The van der Waals surface area contributed by atoms with E-state index >= 15 is 0 Å². The van der Waals surface area contributed by atoms with E-state index in [1.54, 1.807) is 57.7 Å². The molecule has 314 valence electrons. The third-order valence-corrected chi connectivity index (χ3v) is 11.6. The molecule has 10 rings (SSSR count). The smallest absolute Gasteiger partial charge is 0.307 e. The summed E-state index contributed by atoms with van der Waals surface area (Å²) in [5.74, 6) is 0.172. The topological polar surface area (TPSA) is 118 Å². The highest BCUT2D eigenvalue weighted by Crippen LogP contribution is 2.44. The van der Waals surface area contributed by atoms with E-state index in [9.17, 15) is 47.4 Å². The Morgan fingerprint density at radius 3 is 1.27 bits per heavy atom. The van der Waals surface area contributed by atoms with E-state index in [1.807, 2.05) is 60.7 Å². The Hall–Kier alpha value is -9.17. The Balaban J connectivity index is 1.30. The number of para-hydroxylation sites is 2. The first-order valence-corrected chi connectivity index (χ1v) is 20.0. The van der Waals surface area contributed by atoms with Crippen LogP contribution in [0.25, 0.3) is 88.5 Å². The van der Waals surface area contributed by atoms with Gasteiger partial charge in [0.15, 0.2) is 0 Å². The minimum atomic E-state index is -5.15. The average molecular weight is 874 g/mol. The van der Waals surface area contributed by atoms with Crippen LogP contribution >= 0.6 is 0 Å². The summed E-state index contributed by atoms with van der Waals surface area (Å²) in [4.78, 5) is 4.94. The van der Waals surface area contributed by atoms with Gasteiger partial charge in [0.2, 0.25) is 0 Å². The van der Waals surface area contributed by atoms with E-state index in [2.05, 4.69) is 24.3 Å². The minimum Gasteiger partial charge on any atom is -0.307 e. The fourth-order valence-electron chi connectivity index (χ4n) is 8.73. The molecule has 0 saturated carbocycles. The number of nitriles is 4. The van der Waals surface area contributed by atoms with Gasteiger partial charge in [0.1, 0.15) is 5.82 Å². The molecule has 0 spiro atoms. The van der Waals surface area contributed by atoms with Crippen molar-refractivity contribution < 1.29 is 26.3 Å². The largest absolute Gasteiger partial charge is 0.416 e. The zero-order valence-corrected chi connectivity index (χ0v) is 33.8. The maximum Gasteiger partial charge on any atom is 0.416 e. The number of rotatable bonds is 5. The number of nitrogens with zero attached hydrogens (tertiary/aromatic N) is 7. The van der Waals surface area contributed by atoms with E-state index < -0.39 is 23.5 Å². The molecule has 3 heterocycles. The van der Waals surface area contributed by atoms with Gasteiger partial charge in [0, 0.05) is 27.1 Å². The molecule has 66 heavy (non-hydrogen) atoms. The summed E-state index contributed by atoms with van der Waals surface area (Å²) in [5.41, 5.74) is 2.47. The number of aromatic nitrogens is 3. The quantitative estimate of drug-likeness (QED) is 0.160. The van der Waals surface area contributed by atoms with Crippen molar-refractivity contribution >= 4 is 43.6 Å². The molecule has 0 aliphatic rings. The highest BCUT2D eigenvalue weighted by atomic mass is 19.4. The fraction of sp³-hybridized carbons (Fsp3) is 0.0377. The van der Waals surface area contributed by atoms with Crippen LogP contribution in [-0.2, 0) is 12.4 Å². The van der Waals surface area contributed by atoms with Crippen molar-refractivity contribution in [1.29, 1.82) is 21.0 Å². The van der Waals surface area contributed by atoms with Gasteiger partial charge in [0.05, 0.1) is 91.6 Å². The van der Waals surface area contributed by atoms with Crippen molar-refractivity contribution in [2.24, 2.45) is 0 Å². The van der Waals surface area contributed by atoms with Gasteiger partial charge in [-0.3, -0.25) is 4.57 Å². The molecule has 0 aliphatic heterocycles. The third-order valence-electron chi connectivity index (χ3n) is 11.6. The van der Waals surface area contributed by atoms with E-state index in [0.29, 0.717) is 61.8 Å². The first-order chi connectivity index (χ1) is 31.8. The maximum atomic E-state index is 14.6. The molecule has 10 aromatic rings. The molecule has 0 saturated heterocycles. The first kappa shape index (κ1) is 40.9. The molecule has 0 amide bonds. The molecule has 0 bridgehead atoms. The maximum absolute atomic E-state index is 14.6. The zero-order valence-electron chi connectivity index (χ0n) is 33.8. The van der Waals surface area contributed by atoms with Crippen LogP contribution in [0, 0.1) is 45.3 Å². The monoisotopic (exact) mass is 873 g/mol. The Morgan fingerprint density at radius 1 is 0.394 bits per heavy atom. The number of hydrogen-bond donors (Lipinski definition) is 0. The predicted molar refractivity (Wildman–Crippen MR) is 238 cm³/mol. The summed E-state index contributed by atoms with van der Waals surface area (Å²) < 4.78 is 91.2. The lowest BCUT2D eigenvalue weighted by Gasteiger charge is -2.19. The molecule has 0 atom stereocenters. The van der Waals surface area contributed by atoms with Gasteiger partial charge in [-0.2, -0.15) is 47.4 Å². The summed E-state index contributed by atoms with van der Waals surface area (Å²) >= 11 is 0. The molecule has 13 heteroatoms. The Bertz CT molecular complexity index is 3770. The van der Waals surface area contributed by atoms with Crippen LogP contribution in [0.1, 0.15) is 33.4 Å². The molecular formula is C53H25F6N7. The molecule has 3 aromatic heterocycles. The van der Waals surface area contributed by atoms with Crippen molar-refractivity contribution in [3.63, 3.8) is 0 Å². The van der Waals surface area contributed by atoms with E-state index in [-0.39, 0.29) is 51.0 Å². The third kappa shape index (κ3) is 6.89. The molecule has 0 N–H and O–H groups in total. The van der Waals surface area contributed by atoms with Gasteiger partial charge < -0.3 is 4.57 Å². The Kier molecular flexibility index (Phi) is 9.46. The lowest BCUT2D eigenvalue weighted by Crippen LogP contribution is -2.11. The summed E-state index contributed by atoms with van der Waals surface area (Å²) in [5, 5.41) is 41.9. The lowest BCUT2D eigenvalue weighted by atomic mass is 9.98. The molecule has 7 aromatic carbocycles. The molecule has 0 unspecified atom stereocenters. The second-order valence-electron chi connectivity index (χ2n) is 15.6. The number of alkyl halides is 6. The highest BCUT2D eigenvalue weighted by Gasteiger charge is 2.37. The van der Waals surface area contributed by atoms with Gasteiger partial charge in [-0.1, -0.05) is 60.7 Å². The van der Waals surface area contributed by atoms with E-state index in [0.717, 1.165) is 16.2 Å². The molecular weight excluding hydrogens is 849 g/mol. The van der Waals surface area contributed by atoms with Crippen LogP contribution in [-0.4, -0.2) is 14.1 Å². The minimum absolute atomic E-state index is 0.00892. The van der Waals surface area contributed by atoms with Gasteiger partial charge >= 0.3 is 12.4 Å². The Morgan fingerprint density at radius 2 is 0.818 bits per heavy atom. The highest BCUT2D eigenvalue weighted by molar-refractivity contribution is 6.12. The molecule has 0 fully saturated rings. The zero-order chi connectivity index (χ0) is 46.1. The second kappa shape index (κ2) is 15.3. The summed E-state index contributed by atoms with van der Waals surface area (Å²) in [6.45, 7) is 0. The van der Waals surface area contributed by atoms with Crippen molar-refractivity contribution in [2.75, 3.05) is 0 Å². The van der Waals surface area contributed by atoms with Gasteiger partial charge in [-0.05, 0) is 113 Å². The van der Waals surface area contributed by atoms with Crippen LogP contribution in [0.3, 0.4) is 0 Å². The van der Waals surface area contributed by atoms with Gasteiger partial charge in [0.25, 0.3) is 0 Å². The van der Waals surface area contributed by atoms with Crippen LogP contribution in [0.5, 0.6) is 0 Å². The summed E-state index contributed by atoms with van der Waals surface area (Å²) in [6, 6.07) is 46.3. The standard InChI is InChI=1S/C53H25F6N7/c54-52(55,56)39-19-38(20-40(23-39)53(57,58)59)45-24-51(66-47-8-4-2-6-42(47)44-12-10-35(22-49(44)66)37-17-32(27-62)14-33(18-37)28-63)64-29-50(45)65-46-7-3-1-5-41(46)43-11-9-34(21-48(43)65)36-15-30(25-60)13-31(16-36)26-61/h1-24,29H. The Labute approximate surface area is 370 Å². The van der Waals surface area contributed by atoms with Crippen LogP contribution in [0.4, 0.5) is 26.3 Å². The normalized spacial score (nSPS) is 11.7. The SMILES string of the molecule is N#Cc1cc(C#N)cc(-c2ccc3c4ccccc4n(-c4cc(-c5cc(C(F)(F)F)cc(C(F)(F)F)c5)c(-n5c6ccccc6c6ccc(-c7cc(C#N)cc(C#N)c7)cc65)cn4)c3c2)c1. The molecule has 7 nitrogen and oxygen atoms in total. The average Bonchev–Trinajstić information content (AvgIpc) is 3.84. The van der Waals surface area contributed by atoms with Crippen molar-refractivity contribution in [3.05, 3.63) is 185 Å². The van der Waals surface area contributed by atoms with Crippen LogP contribution in [0.2, 0.25) is 0 Å². The van der Waals surface area contributed by atoms with Gasteiger partial charge in [-0.15, -0.1) is 0 Å². The number of pyridine rings is 1. The number of benzene rings is 7. The molecule has 0 aliphatic carbocycles. The number of fused-ring (bicyclic) bond motifs is 6. The van der Waals surface area contributed by atoms with E-state index in [1.165, 1.54) is 24.4 Å². The van der Waals surface area contributed by atoms with E-state index in [4.69, 9.17) is 4.98 Å². The van der Waals surface area contributed by atoms with Gasteiger partial charge in [-0.25, -0.2) is 4.98 Å². The van der Waals surface area contributed by atoms with Crippen molar-refractivity contribution in [3.8, 4) is 69.2 Å². The van der Waals surface area contributed by atoms with Crippen LogP contribution in [0.15, 0.2) is 152 Å². The first-order valence-electron chi connectivity index (χ1n) is 20.0. The summed E-state index contributed by atoms with van der Waals surface area (Å²) in [6.07, 6.45) is -8.86. The summed E-state index contributed by atoms with van der Waals surface area (Å²) in [7, 11) is 0. The fourth-order valence-corrected chi connectivity index (χ4v) is 8.73. The molecule has 0 radical (unpaired) electrons. The number of halogens is 6. The number of hydrogen-bond acceptors (Lipinski definition) is 5. The lowest BCUT2D eigenvalue weighted by molar-refractivity contribution is -0.143.